The van der Waals surface area contributed by atoms with Crippen molar-refractivity contribution in [3.8, 4) is 0 Å². The van der Waals surface area contributed by atoms with Gasteiger partial charge in [0, 0.05) is 45.5 Å². The van der Waals surface area contributed by atoms with Crippen LogP contribution in [0.3, 0.4) is 0 Å². The van der Waals surface area contributed by atoms with Crippen molar-refractivity contribution in [3.05, 3.63) is 58.8 Å². The highest BCUT2D eigenvalue weighted by Crippen LogP contribution is 2.14. The molecule has 2 N–H and O–H groups in total. The van der Waals surface area contributed by atoms with Crippen molar-refractivity contribution in [3.63, 3.8) is 0 Å². The van der Waals surface area contributed by atoms with Crippen molar-refractivity contribution in [2.75, 3.05) is 51.2 Å². The molecule has 0 atom stereocenters. The van der Waals surface area contributed by atoms with Gasteiger partial charge < -0.3 is 20.4 Å². The van der Waals surface area contributed by atoms with Crippen LogP contribution in [0.25, 0.3) is 0 Å². The van der Waals surface area contributed by atoms with E-state index in [2.05, 4.69) is 83.6 Å². The van der Waals surface area contributed by atoms with Gasteiger partial charge in [0.05, 0.1) is 6.54 Å². The first-order valence-corrected chi connectivity index (χ1v) is 11.0. The summed E-state index contributed by atoms with van der Waals surface area (Å²) in [6.45, 7) is 13.0. The van der Waals surface area contributed by atoms with E-state index in [1.54, 1.807) is 0 Å². The zero-order valence-electron chi connectivity index (χ0n) is 19.3. The van der Waals surface area contributed by atoms with Crippen LogP contribution in [-0.2, 0) is 13.0 Å². The maximum absolute atomic E-state index is 4.74. The van der Waals surface area contributed by atoms with Crippen molar-refractivity contribution in [1.82, 2.24) is 20.5 Å². The molecule has 170 valence electrons. The van der Waals surface area contributed by atoms with Gasteiger partial charge in [-0.2, -0.15) is 0 Å². The number of halogens is 1. The number of aliphatic imine (C=N–C) groups is 1. The maximum atomic E-state index is 4.74. The number of hydrogen-bond donors (Lipinski definition) is 2. The molecular formula is C24H37IN6. The maximum Gasteiger partial charge on any atom is 0.191 e. The summed E-state index contributed by atoms with van der Waals surface area (Å²) in [5.74, 6) is 1.92. The molecule has 0 radical (unpaired) electrons. The Morgan fingerprint density at radius 2 is 1.71 bits per heavy atom. The average Bonchev–Trinajstić information content (AvgIpc) is 2.72. The SMILES string of the molecule is CCNC(=NCc1ccc(N2CCN(C)CC2)nc1)NCCc1cc(C)cc(C)c1.I. The Morgan fingerprint density at radius 3 is 2.32 bits per heavy atom. The van der Waals surface area contributed by atoms with Gasteiger partial charge in [0.2, 0.25) is 0 Å². The summed E-state index contributed by atoms with van der Waals surface area (Å²) in [5.41, 5.74) is 5.12. The van der Waals surface area contributed by atoms with Crippen LogP contribution >= 0.6 is 24.0 Å². The van der Waals surface area contributed by atoms with E-state index in [1.165, 1.54) is 16.7 Å². The van der Waals surface area contributed by atoms with Crippen LogP contribution in [0.5, 0.6) is 0 Å². The largest absolute Gasteiger partial charge is 0.357 e. The standard InChI is InChI=1S/C24H36N6.HI/c1-5-25-24(26-9-8-21-15-19(2)14-20(3)16-21)28-18-22-6-7-23(27-17-22)30-12-10-29(4)11-13-30;/h6-7,14-17H,5,8-13,18H2,1-4H3,(H2,25,26,28);1H. The summed E-state index contributed by atoms with van der Waals surface area (Å²) >= 11 is 0. The van der Waals surface area contributed by atoms with Gasteiger partial charge in [-0.3, -0.25) is 0 Å². The minimum absolute atomic E-state index is 0. The third kappa shape index (κ3) is 8.29. The second-order valence-corrected chi connectivity index (χ2v) is 8.18. The summed E-state index contributed by atoms with van der Waals surface area (Å²) in [6.07, 6.45) is 2.93. The van der Waals surface area contributed by atoms with E-state index in [9.17, 15) is 0 Å². The molecule has 0 amide bonds. The summed E-state index contributed by atoms with van der Waals surface area (Å²) in [6, 6.07) is 11.0. The highest BCUT2D eigenvalue weighted by Gasteiger charge is 2.14. The van der Waals surface area contributed by atoms with Gasteiger partial charge in [-0.05, 0) is 51.4 Å². The first-order chi connectivity index (χ1) is 14.5. The van der Waals surface area contributed by atoms with Crippen molar-refractivity contribution in [1.29, 1.82) is 0 Å². The van der Waals surface area contributed by atoms with Crippen molar-refractivity contribution >= 4 is 35.8 Å². The van der Waals surface area contributed by atoms with E-state index >= 15 is 0 Å². The Kier molecular flexibility index (Phi) is 10.5. The molecular weight excluding hydrogens is 499 g/mol. The fraction of sp³-hybridized carbons (Fsp3) is 0.500. The van der Waals surface area contributed by atoms with Gasteiger partial charge in [0.25, 0.3) is 0 Å². The quantitative estimate of drug-likeness (QED) is 0.323. The van der Waals surface area contributed by atoms with E-state index in [1.807, 2.05) is 6.20 Å². The Morgan fingerprint density at radius 1 is 1.00 bits per heavy atom. The zero-order valence-corrected chi connectivity index (χ0v) is 21.6. The molecule has 2 heterocycles. The van der Waals surface area contributed by atoms with E-state index in [0.29, 0.717) is 6.54 Å². The van der Waals surface area contributed by atoms with Crippen LogP contribution in [0.1, 0.15) is 29.2 Å². The fourth-order valence-electron chi connectivity index (χ4n) is 3.78. The number of hydrogen-bond acceptors (Lipinski definition) is 4. The number of likely N-dealkylation sites (N-methyl/N-ethyl adjacent to an activating group) is 1. The molecule has 0 saturated carbocycles. The van der Waals surface area contributed by atoms with Crippen molar-refractivity contribution in [2.45, 2.75) is 33.7 Å². The third-order valence-electron chi connectivity index (χ3n) is 5.39. The molecule has 1 aromatic carbocycles. The lowest BCUT2D eigenvalue weighted by molar-refractivity contribution is 0.312. The van der Waals surface area contributed by atoms with Crippen LogP contribution in [-0.4, -0.2) is 62.2 Å². The molecule has 6 nitrogen and oxygen atoms in total. The molecule has 7 heteroatoms. The van der Waals surface area contributed by atoms with Gasteiger partial charge in [-0.1, -0.05) is 35.4 Å². The third-order valence-corrected chi connectivity index (χ3v) is 5.39. The number of anilines is 1. The first-order valence-electron chi connectivity index (χ1n) is 11.0. The number of rotatable bonds is 7. The van der Waals surface area contributed by atoms with Gasteiger partial charge in [-0.25, -0.2) is 9.98 Å². The summed E-state index contributed by atoms with van der Waals surface area (Å²) in [4.78, 5) is 14.1. The van der Waals surface area contributed by atoms with E-state index in [4.69, 9.17) is 4.99 Å². The van der Waals surface area contributed by atoms with Crippen molar-refractivity contribution < 1.29 is 0 Å². The number of aryl methyl sites for hydroxylation is 2. The summed E-state index contributed by atoms with van der Waals surface area (Å²) in [7, 11) is 2.17. The second kappa shape index (κ2) is 12.9. The molecule has 1 fully saturated rings. The molecule has 1 aromatic heterocycles. The minimum atomic E-state index is 0. The number of aromatic nitrogens is 1. The summed E-state index contributed by atoms with van der Waals surface area (Å²) < 4.78 is 0. The second-order valence-electron chi connectivity index (χ2n) is 8.18. The van der Waals surface area contributed by atoms with Crippen molar-refractivity contribution in [2.24, 2.45) is 4.99 Å². The summed E-state index contributed by atoms with van der Waals surface area (Å²) in [5, 5.41) is 6.79. The van der Waals surface area contributed by atoms with Crippen LogP contribution in [0.2, 0.25) is 0 Å². The molecule has 3 rings (SSSR count). The molecule has 1 aliphatic heterocycles. The average molecular weight is 537 g/mol. The van der Waals surface area contributed by atoms with Gasteiger partial charge in [0.15, 0.2) is 5.96 Å². The molecule has 1 aliphatic rings. The zero-order chi connectivity index (χ0) is 21.3. The predicted molar refractivity (Wildman–Crippen MR) is 142 cm³/mol. The van der Waals surface area contributed by atoms with Crippen LogP contribution < -0.4 is 15.5 Å². The Labute approximate surface area is 204 Å². The molecule has 31 heavy (non-hydrogen) atoms. The first kappa shape index (κ1) is 25.4. The van der Waals surface area contributed by atoms with E-state index < -0.39 is 0 Å². The topological polar surface area (TPSA) is 55.8 Å². The Balaban J connectivity index is 0.00000341. The highest BCUT2D eigenvalue weighted by atomic mass is 127. The Hall–Kier alpha value is -1.87. The molecule has 1 saturated heterocycles. The minimum Gasteiger partial charge on any atom is -0.357 e. The van der Waals surface area contributed by atoms with Crippen LogP contribution in [0.15, 0.2) is 41.5 Å². The van der Waals surface area contributed by atoms with Crippen LogP contribution in [0.4, 0.5) is 5.82 Å². The lowest BCUT2D eigenvalue weighted by atomic mass is 10.1. The predicted octanol–water partition coefficient (Wildman–Crippen LogP) is 3.37. The van der Waals surface area contributed by atoms with Crippen LogP contribution in [0, 0.1) is 13.8 Å². The van der Waals surface area contributed by atoms with Gasteiger partial charge >= 0.3 is 0 Å². The number of pyridine rings is 1. The molecule has 2 aromatic rings. The Bertz CT molecular complexity index is 808. The number of benzene rings is 1. The highest BCUT2D eigenvalue weighted by molar-refractivity contribution is 14.0. The molecule has 0 bridgehead atoms. The molecule has 0 spiro atoms. The lowest BCUT2D eigenvalue weighted by Crippen LogP contribution is -2.44. The van der Waals surface area contributed by atoms with Gasteiger partial charge in [-0.15, -0.1) is 24.0 Å². The lowest BCUT2D eigenvalue weighted by Gasteiger charge is -2.33. The number of nitrogens with zero attached hydrogens (tertiary/aromatic N) is 4. The molecule has 0 unspecified atom stereocenters. The normalized spacial score (nSPS) is 14.8. The monoisotopic (exact) mass is 536 g/mol. The smallest absolute Gasteiger partial charge is 0.191 e. The molecule has 0 aliphatic carbocycles. The van der Waals surface area contributed by atoms with E-state index in [0.717, 1.165) is 63.0 Å². The van der Waals surface area contributed by atoms with Gasteiger partial charge in [0.1, 0.15) is 5.82 Å². The number of piperazine rings is 1. The van der Waals surface area contributed by atoms with E-state index in [-0.39, 0.29) is 24.0 Å². The number of nitrogens with one attached hydrogen (secondary N) is 2. The number of guanidine groups is 1. The fourth-order valence-corrected chi connectivity index (χ4v) is 3.78.